The monoisotopic (exact) mass is 397 g/mol. The lowest BCUT2D eigenvalue weighted by atomic mass is 10.2. The second-order valence-corrected chi connectivity index (χ2v) is 6.63. The zero-order chi connectivity index (χ0) is 16.7. The molecule has 1 aromatic heterocycles. The van der Waals surface area contributed by atoms with Crippen LogP contribution in [0.4, 0.5) is 0 Å². The molecule has 0 saturated carbocycles. The molecule has 0 unspecified atom stereocenters. The summed E-state index contributed by atoms with van der Waals surface area (Å²) in [6.45, 7) is 0.809. The van der Waals surface area contributed by atoms with Crippen molar-refractivity contribution in [2.45, 2.75) is 19.4 Å². The van der Waals surface area contributed by atoms with E-state index in [2.05, 4.69) is 21.2 Å². The van der Waals surface area contributed by atoms with Crippen LogP contribution in [0.2, 0.25) is 0 Å². The maximum Gasteiger partial charge on any atom is 0.303 e. The number of ether oxygens (including phenoxy) is 1. The van der Waals surface area contributed by atoms with E-state index >= 15 is 0 Å². The van der Waals surface area contributed by atoms with Crippen LogP contribution in [0.15, 0.2) is 40.2 Å². The van der Waals surface area contributed by atoms with Crippen molar-refractivity contribution in [3.63, 3.8) is 0 Å². The lowest BCUT2D eigenvalue weighted by Crippen LogP contribution is -2.21. The van der Waals surface area contributed by atoms with Crippen molar-refractivity contribution in [2.24, 2.45) is 0 Å². The number of carboxylic acids is 1. The molecule has 1 amide bonds. The Hall–Kier alpha value is -1.86. The third kappa shape index (κ3) is 6.03. The lowest BCUT2D eigenvalue weighted by molar-refractivity contribution is -0.137. The molecule has 1 aromatic carbocycles. The first kappa shape index (κ1) is 17.5. The van der Waals surface area contributed by atoms with Gasteiger partial charge in [0.1, 0.15) is 5.75 Å². The highest BCUT2D eigenvalue weighted by Gasteiger charge is 2.08. The van der Waals surface area contributed by atoms with Crippen LogP contribution >= 0.6 is 27.3 Å². The van der Waals surface area contributed by atoms with Gasteiger partial charge < -0.3 is 15.2 Å². The average Bonchev–Trinajstić information content (AvgIpc) is 2.97. The van der Waals surface area contributed by atoms with Crippen LogP contribution in [0, 0.1) is 0 Å². The Morgan fingerprint density at radius 2 is 2.00 bits per heavy atom. The summed E-state index contributed by atoms with van der Waals surface area (Å²) in [6.07, 6.45) is 0.576. The first-order valence-corrected chi connectivity index (χ1v) is 8.67. The molecule has 23 heavy (non-hydrogen) atoms. The van der Waals surface area contributed by atoms with E-state index in [1.165, 1.54) is 11.3 Å². The number of carbonyl (C=O) groups excluding carboxylic acids is 1. The highest BCUT2D eigenvalue weighted by Crippen LogP contribution is 2.19. The number of thiophene rings is 1. The van der Waals surface area contributed by atoms with Crippen molar-refractivity contribution in [1.29, 1.82) is 0 Å². The topological polar surface area (TPSA) is 75.6 Å². The zero-order valence-electron chi connectivity index (χ0n) is 12.3. The Balaban J connectivity index is 1.76. The predicted octanol–water partition coefficient (Wildman–Crippen LogP) is 3.68. The molecule has 0 saturated heterocycles. The molecule has 0 aliphatic rings. The molecule has 0 spiro atoms. The number of hydrogen-bond acceptors (Lipinski definition) is 4. The van der Waals surface area contributed by atoms with Crippen molar-refractivity contribution in [3.8, 4) is 5.75 Å². The van der Waals surface area contributed by atoms with Gasteiger partial charge in [-0.3, -0.25) is 9.59 Å². The fraction of sp³-hybridized carbons (Fsp3) is 0.250. The molecule has 0 atom stereocenters. The van der Waals surface area contributed by atoms with Crippen molar-refractivity contribution in [1.82, 2.24) is 5.32 Å². The third-order valence-corrected chi connectivity index (χ3v) is 4.66. The highest BCUT2D eigenvalue weighted by atomic mass is 79.9. The lowest BCUT2D eigenvalue weighted by Gasteiger charge is -2.07. The summed E-state index contributed by atoms with van der Waals surface area (Å²) in [5.74, 6) is -0.236. The number of aliphatic carboxylic acids is 1. The van der Waals surface area contributed by atoms with E-state index in [0.717, 1.165) is 10.0 Å². The number of carboxylic acid groups (broad SMARTS) is 1. The van der Waals surface area contributed by atoms with Gasteiger partial charge in [-0.25, -0.2) is 0 Å². The van der Waals surface area contributed by atoms with Crippen LogP contribution in [0.1, 0.15) is 28.1 Å². The van der Waals surface area contributed by atoms with Gasteiger partial charge in [0.15, 0.2) is 0 Å². The second kappa shape index (κ2) is 8.69. The van der Waals surface area contributed by atoms with Crippen molar-refractivity contribution in [3.05, 3.63) is 50.6 Å². The minimum Gasteiger partial charge on any atom is -0.494 e. The summed E-state index contributed by atoms with van der Waals surface area (Å²) in [7, 11) is 0. The van der Waals surface area contributed by atoms with Gasteiger partial charge in [0.25, 0.3) is 5.91 Å². The fourth-order valence-corrected chi connectivity index (χ4v) is 3.16. The number of amides is 1. The van der Waals surface area contributed by atoms with E-state index in [1.807, 2.05) is 29.6 Å². The van der Waals surface area contributed by atoms with Crippen molar-refractivity contribution in [2.75, 3.05) is 6.61 Å². The first-order valence-electron chi connectivity index (χ1n) is 7.00. The maximum absolute atomic E-state index is 11.9. The van der Waals surface area contributed by atoms with Gasteiger partial charge in [-0.1, -0.05) is 12.1 Å². The van der Waals surface area contributed by atoms with Gasteiger partial charge in [-0.2, -0.15) is 0 Å². The molecule has 0 radical (unpaired) electrons. The second-order valence-electron chi connectivity index (χ2n) is 4.80. The summed E-state index contributed by atoms with van der Waals surface area (Å²) in [5, 5.41) is 13.3. The molecule has 1 heterocycles. The molecule has 0 aliphatic carbocycles. The van der Waals surface area contributed by atoms with Crippen molar-refractivity contribution >= 4 is 39.1 Å². The Morgan fingerprint density at radius 3 is 2.61 bits per heavy atom. The highest BCUT2D eigenvalue weighted by molar-refractivity contribution is 9.10. The van der Waals surface area contributed by atoms with E-state index in [4.69, 9.17) is 9.84 Å². The number of carbonyl (C=O) groups is 2. The fourth-order valence-electron chi connectivity index (χ4n) is 1.82. The predicted molar refractivity (Wildman–Crippen MR) is 92.0 cm³/mol. The number of benzene rings is 1. The molecule has 5 nitrogen and oxygen atoms in total. The molecule has 0 fully saturated rings. The Bertz CT molecular complexity index is 669. The van der Waals surface area contributed by atoms with Crippen molar-refractivity contribution < 1.29 is 19.4 Å². The molecule has 122 valence electrons. The summed E-state index contributed by atoms with van der Waals surface area (Å²) >= 11 is 4.71. The van der Waals surface area contributed by atoms with E-state index < -0.39 is 5.97 Å². The molecule has 2 aromatic rings. The third-order valence-electron chi connectivity index (χ3n) is 2.97. The molecule has 2 rings (SSSR count). The van der Waals surface area contributed by atoms with Crippen LogP contribution in [-0.2, 0) is 11.3 Å². The SMILES string of the molecule is O=C(O)CCCOc1ccc(CNC(=O)c2cc(Br)cs2)cc1. The molecular formula is C16H16BrNO4S. The van der Waals surface area contributed by atoms with Crippen LogP contribution in [0.3, 0.4) is 0 Å². The Kier molecular flexibility index (Phi) is 6.61. The first-order chi connectivity index (χ1) is 11.0. The van der Waals surface area contributed by atoms with Crippen LogP contribution in [0.5, 0.6) is 5.75 Å². The summed E-state index contributed by atoms with van der Waals surface area (Å²) in [4.78, 5) is 23.0. The quantitative estimate of drug-likeness (QED) is 0.666. The summed E-state index contributed by atoms with van der Waals surface area (Å²) in [5.41, 5.74) is 0.965. The standard InChI is InChI=1S/C16H16BrNO4S/c17-12-8-14(23-10-12)16(21)18-9-11-3-5-13(6-4-11)22-7-1-2-15(19)20/h3-6,8,10H,1-2,7,9H2,(H,18,21)(H,19,20). The molecule has 0 bridgehead atoms. The van der Waals surface area contributed by atoms with Gasteiger partial charge in [-0.05, 0) is 46.1 Å². The molecule has 0 aliphatic heterocycles. The van der Waals surface area contributed by atoms with Gasteiger partial charge >= 0.3 is 5.97 Å². The van der Waals surface area contributed by atoms with E-state index in [0.29, 0.717) is 30.2 Å². The molecular weight excluding hydrogens is 382 g/mol. The molecule has 7 heteroatoms. The normalized spacial score (nSPS) is 10.3. The van der Waals surface area contributed by atoms with Gasteiger partial charge in [0.2, 0.25) is 0 Å². The van der Waals surface area contributed by atoms with E-state index in [9.17, 15) is 9.59 Å². The van der Waals surface area contributed by atoms with Crippen LogP contribution in [-0.4, -0.2) is 23.6 Å². The average molecular weight is 398 g/mol. The summed E-state index contributed by atoms with van der Waals surface area (Å²) in [6, 6.07) is 9.15. The van der Waals surface area contributed by atoms with Crippen LogP contribution in [0.25, 0.3) is 0 Å². The van der Waals surface area contributed by atoms with Gasteiger partial charge in [0, 0.05) is 22.8 Å². The number of hydrogen-bond donors (Lipinski definition) is 2. The minimum absolute atomic E-state index is 0.100. The zero-order valence-corrected chi connectivity index (χ0v) is 14.7. The Labute approximate surface area is 146 Å². The number of rotatable bonds is 8. The largest absolute Gasteiger partial charge is 0.494 e. The van der Waals surface area contributed by atoms with Gasteiger partial charge in [0.05, 0.1) is 11.5 Å². The van der Waals surface area contributed by atoms with Crippen LogP contribution < -0.4 is 10.1 Å². The minimum atomic E-state index is -0.822. The smallest absolute Gasteiger partial charge is 0.303 e. The van der Waals surface area contributed by atoms with E-state index in [-0.39, 0.29) is 12.3 Å². The number of nitrogens with one attached hydrogen (secondary N) is 1. The maximum atomic E-state index is 11.9. The Morgan fingerprint density at radius 1 is 1.26 bits per heavy atom. The summed E-state index contributed by atoms with van der Waals surface area (Å²) < 4.78 is 6.35. The number of halogens is 1. The van der Waals surface area contributed by atoms with Gasteiger partial charge in [-0.15, -0.1) is 11.3 Å². The van der Waals surface area contributed by atoms with E-state index in [1.54, 1.807) is 6.07 Å². The molecule has 2 N–H and O–H groups in total.